The Morgan fingerprint density at radius 2 is 1.96 bits per heavy atom. The number of hydrogen-bond donors (Lipinski definition) is 0. The molecule has 0 radical (unpaired) electrons. The van der Waals surface area contributed by atoms with Crippen LogP contribution < -0.4 is 4.74 Å². The van der Waals surface area contributed by atoms with Crippen LogP contribution in [0, 0.1) is 0 Å². The van der Waals surface area contributed by atoms with Gasteiger partial charge in [0.25, 0.3) is 0 Å². The number of ether oxygens (including phenoxy) is 3. The Morgan fingerprint density at radius 3 is 2.67 bits per heavy atom. The van der Waals surface area contributed by atoms with Crippen LogP contribution in [-0.4, -0.2) is 44.0 Å². The van der Waals surface area contributed by atoms with Crippen LogP contribution in [0.2, 0.25) is 0 Å². The van der Waals surface area contributed by atoms with Crippen LogP contribution in [0.1, 0.15) is 44.1 Å². The van der Waals surface area contributed by atoms with Gasteiger partial charge in [0.1, 0.15) is 12.0 Å². The monoisotopic (exact) mass is 396 g/mol. The van der Waals surface area contributed by atoms with Crippen molar-refractivity contribution in [2.75, 3.05) is 20.3 Å². The van der Waals surface area contributed by atoms with Gasteiger partial charge in [0.2, 0.25) is 0 Å². The molecule has 2 heterocycles. The van der Waals surface area contributed by atoms with E-state index in [0.717, 1.165) is 61.1 Å². The van der Waals surface area contributed by atoms with Gasteiger partial charge in [-0.05, 0) is 54.1 Å². The molecule has 2 aliphatic heterocycles. The molecule has 3 rings (SSSR count). The van der Waals surface area contributed by atoms with Crippen LogP contribution in [0.5, 0.6) is 5.75 Å². The minimum atomic E-state index is -0.152. The first-order valence-electron chi connectivity index (χ1n) is 8.69. The Kier molecular flexibility index (Phi) is 6.51. The predicted octanol–water partition coefficient (Wildman–Crippen LogP) is 4.15. The topological polar surface area (TPSA) is 43.3 Å². The van der Waals surface area contributed by atoms with Gasteiger partial charge in [-0.25, -0.2) is 0 Å². The highest BCUT2D eigenvalue weighted by molar-refractivity contribution is 9.10. The first-order valence-corrected chi connectivity index (χ1v) is 9.48. The Bertz CT molecular complexity index is 555. The molecule has 2 saturated heterocycles. The standard InChI is InChI=1S/C18H25BrN2O3/c1-21(16-9-2-4-11-22-16)20-13-14-7-6-8-15(18(14)19)24-17-10-3-5-12-23-17/h6-8,13,16-17H,2-5,9-12H2,1H3/b20-13-. The molecule has 5 nitrogen and oxygen atoms in total. The van der Waals surface area contributed by atoms with Crippen LogP contribution in [0.4, 0.5) is 0 Å². The van der Waals surface area contributed by atoms with E-state index in [4.69, 9.17) is 14.2 Å². The van der Waals surface area contributed by atoms with Crippen LogP contribution in [-0.2, 0) is 9.47 Å². The van der Waals surface area contributed by atoms with Gasteiger partial charge in [-0.3, -0.25) is 5.01 Å². The van der Waals surface area contributed by atoms with E-state index in [0.29, 0.717) is 0 Å². The molecule has 0 aromatic heterocycles. The molecule has 0 aliphatic carbocycles. The lowest BCUT2D eigenvalue weighted by Gasteiger charge is -2.29. The largest absolute Gasteiger partial charge is 0.464 e. The summed E-state index contributed by atoms with van der Waals surface area (Å²) >= 11 is 3.63. The Labute approximate surface area is 152 Å². The lowest BCUT2D eigenvalue weighted by molar-refractivity contribution is -0.106. The van der Waals surface area contributed by atoms with Gasteiger partial charge in [0.05, 0.1) is 17.3 Å². The third-order valence-electron chi connectivity index (χ3n) is 4.34. The number of nitrogens with zero attached hydrogens (tertiary/aromatic N) is 2. The third-order valence-corrected chi connectivity index (χ3v) is 5.19. The van der Waals surface area contributed by atoms with E-state index in [2.05, 4.69) is 21.0 Å². The van der Waals surface area contributed by atoms with Crippen LogP contribution >= 0.6 is 15.9 Å². The average Bonchev–Trinajstić information content (AvgIpc) is 2.64. The molecule has 132 valence electrons. The van der Waals surface area contributed by atoms with Gasteiger partial charge in [0, 0.05) is 25.6 Å². The summed E-state index contributed by atoms with van der Waals surface area (Å²) in [6.45, 7) is 1.59. The molecule has 0 N–H and O–H groups in total. The zero-order valence-corrected chi connectivity index (χ0v) is 15.7. The molecule has 0 spiro atoms. The second-order valence-corrected chi connectivity index (χ2v) is 7.01. The minimum absolute atomic E-state index is 0.0730. The molecule has 24 heavy (non-hydrogen) atoms. The van der Waals surface area contributed by atoms with E-state index in [9.17, 15) is 0 Å². The maximum absolute atomic E-state index is 5.98. The van der Waals surface area contributed by atoms with Crippen LogP contribution in [0.25, 0.3) is 0 Å². The first kappa shape index (κ1) is 17.7. The van der Waals surface area contributed by atoms with Crippen molar-refractivity contribution in [2.45, 2.75) is 51.0 Å². The van der Waals surface area contributed by atoms with Crippen LogP contribution in [0.15, 0.2) is 27.8 Å². The minimum Gasteiger partial charge on any atom is -0.464 e. The summed E-state index contributed by atoms with van der Waals surface area (Å²) in [4.78, 5) is 0. The van der Waals surface area contributed by atoms with Gasteiger partial charge >= 0.3 is 0 Å². The molecule has 1 aromatic rings. The number of rotatable bonds is 5. The Hall–Kier alpha value is -1.11. The van der Waals surface area contributed by atoms with Gasteiger partial charge < -0.3 is 14.2 Å². The van der Waals surface area contributed by atoms with Crippen molar-refractivity contribution >= 4 is 22.1 Å². The maximum Gasteiger partial charge on any atom is 0.199 e. The molecule has 0 bridgehead atoms. The van der Waals surface area contributed by atoms with Crippen molar-refractivity contribution in [1.29, 1.82) is 0 Å². The molecular formula is C18H25BrN2O3. The summed E-state index contributed by atoms with van der Waals surface area (Å²) in [7, 11) is 1.95. The molecule has 2 fully saturated rings. The van der Waals surface area contributed by atoms with E-state index in [1.807, 2.05) is 36.5 Å². The van der Waals surface area contributed by atoms with E-state index in [1.165, 1.54) is 6.42 Å². The summed E-state index contributed by atoms with van der Waals surface area (Å²) in [6, 6.07) is 5.94. The second-order valence-electron chi connectivity index (χ2n) is 6.21. The molecular weight excluding hydrogens is 372 g/mol. The smallest absolute Gasteiger partial charge is 0.199 e. The van der Waals surface area contributed by atoms with Crippen molar-refractivity contribution in [2.24, 2.45) is 5.10 Å². The summed E-state index contributed by atoms with van der Waals surface area (Å²) < 4.78 is 18.3. The third kappa shape index (κ3) is 4.71. The highest BCUT2D eigenvalue weighted by Crippen LogP contribution is 2.30. The second kappa shape index (κ2) is 8.83. The van der Waals surface area contributed by atoms with Crippen molar-refractivity contribution in [3.8, 4) is 5.75 Å². The fraction of sp³-hybridized carbons (Fsp3) is 0.611. The fourth-order valence-corrected chi connectivity index (χ4v) is 3.37. The van der Waals surface area contributed by atoms with E-state index in [1.54, 1.807) is 0 Å². The molecule has 0 amide bonds. The molecule has 2 atom stereocenters. The van der Waals surface area contributed by atoms with Gasteiger partial charge in [-0.1, -0.05) is 12.1 Å². The van der Waals surface area contributed by atoms with Gasteiger partial charge in [-0.15, -0.1) is 0 Å². The normalized spacial score (nSPS) is 24.9. The first-order chi connectivity index (χ1) is 11.7. The number of benzene rings is 1. The molecule has 2 unspecified atom stereocenters. The maximum atomic E-state index is 5.98. The van der Waals surface area contributed by atoms with Crippen molar-refractivity contribution < 1.29 is 14.2 Å². The fourth-order valence-electron chi connectivity index (χ4n) is 2.91. The summed E-state index contributed by atoms with van der Waals surface area (Å²) in [5.74, 6) is 0.794. The lowest BCUT2D eigenvalue weighted by Crippen LogP contribution is -2.33. The quantitative estimate of drug-likeness (QED) is 0.553. The Morgan fingerprint density at radius 1 is 1.17 bits per heavy atom. The van der Waals surface area contributed by atoms with Crippen molar-refractivity contribution in [1.82, 2.24) is 5.01 Å². The zero-order chi connectivity index (χ0) is 16.8. The van der Waals surface area contributed by atoms with Gasteiger partial charge in [-0.2, -0.15) is 5.10 Å². The van der Waals surface area contributed by atoms with Crippen molar-refractivity contribution in [3.63, 3.8) is 0 Å². The summed E-state index contributed by atoms with van der Waals surface area (Å²) in [6.07, 6.45) is 8.32. The molecule has 6 heteroatoms. The number of hydrogen-bond acceptors (Lipinski definition) is 5. The van der Waals surface area contributed by atoms with Crippen LogP contribution in [0.3, 0.4) is 0 Å². The summed E-state index contributed by atoms with van der Waals surface area (Å²) in [5.41, 5.74) is 0.978. The van der Waals surface area contributed by atoms with E-state index in [-0.39, 0.29) is 12.5 Å². The summed E-state index contributed by atoms with van der Waals surface area (Å²) in [5, 5.41) is 6.43. The predicted molar refractivity (Wildman–Crippen MR) is 97.3 cm³/mol. The van der Waals surface area contributed by atoms with Gasteiger partial charge in [0.15, 0.2) is 6.29 Å². The number of hydrazone groups is 1. The molecule has 1 aromatic carbocycles. The SMILES string of the molecule is CN(/N=C\c1cccc(OC2CCCCO2)c1Br)C1CCCCO1. The highest BCUT2D eigenvalue weighted by atomic mass is 79.9. The van der Waals surface area contributed by atoms with E-state index >= 15 is 0 Å². The number of halogens is 1. The average molecular weight is 397 g/mol. The van der Waals surface area contributed by atoms with E-state index < -0.39 is 0 Å². The van der Waals surface area contributed by atoms with Crippen molar-refractivity contribution in [3.05, 3.63) is 28.2 Å². The lowest BCUT2D eigenvalue weighted by atomic mass is 10.2. The molecule has 0 saturated carbocycles. The zero-order valence-electron chi connectivity index (χ0n) is 14.1. The molecule has 2 aliphatic rings. The highest BCUT2D eigenvalue weighted by Gasteiger charge is 2.18. The Balaban J connectivity index is 1.64.